The Kier molecular flexibility index (Phi) is 5.12. The van der Waals surface area contributed by atoms with Crippen LogP contribution in [0, 0.1) is 6.92 Å². The number of aryl methyl sites for hydroxylation is 1. The third-order valence-corrected chi connectivity index (χ3v) is 5.87. The highest BCUT2D eigenvalue weighted by Crippen LogP contribution is 2.32. The molecule has 7 nitrogen and oxygen atoms in total. The maximum atomic E-state index is 12.5. The van der Waals surface area contributed by atoms with Crippen molar-refractivity contribution in [1.29, 1.82) is 0 Å². The van der Waals surface area contributed by atoms with E-state index in [2.05, 4.69) is 10.5 Å². The molecular weight excluding hydrogens is 400 g/mol. The van der Waals surface area contributed by atoms with Crippen molar-refractivity contribution >= 4 is 45.2 Å². The zero-order chi connectivity index (χ0) is 20.5. The van der Waals surface area contributed by atoms with Gasteiger partial charge in [0.1, 0.15) is 0 Å². The zero-order valence-electron chi connectivity index (χ0n) is 16.4. The van der Waals surface area contributed by atoms with Gasteiger partial charge in [-0.15, -0.1) is 5.10 Å². The molecule has 0 aliphatic carbocycles. The van der Waals surface area contributed by atoms with Crippen molar-refractivity contribution in [3.8, 4) is 0 Å². The van der Waals surface area contributed by atoms with E-state index in [4.69, 9.17) is 14.5 Å². The van der Waals surface area contributed by atoms with Gasteiger partial charge in [0, 0.05) is 5.39 Å². The number of anilines is 2. The van der Waals surface area contributed by atoms with Crippen LogP contribution >= 0.6 is 11.8 Å². The van der Waals surface area contributed by atoms with Crippen molar-refractivity contribution in [3.05, 3.63) is 65.7 Å². The van der Waals surface area contributed by atoms with E-state index >= 15 is 0 Å². The monoisotopic (exact) mass is 420 g/mol. The molecule has 2 aliphatic rings. The summed E-state index contributed by atoms with van der Waals surface area (Å²) in [7, 11) is 0. The van der Waals surface area contributed by atoms with E-state index in [1.54, 1.807) is 4.90 Å². The number of hydrogen-bond donors (Lipinski definition) is 1. The standard InChI is InChI=1S/C22H20N4O3S/c1-14-6-8-16(9-7-14)26-19(27)13-30-22(26)25-24-20-17(21-28-10-11-29-21)12-15-4-2-3-5-18(15)23-20/h2-9,12,21H,10-11,13H2,1H3,(H,23,24)/b25-22-. The number of aromatic nitrogens is 1. The summed E-state index contributed by atoms with van der Waals surface area (Å²) in [6, 6.07) is 17.7. The van der Waals surface area contributed by atoms with Gasteiger partial charge in [-0.25, -0.2) is 4.98 Å². The van der Waals surface area contributed by atoms with E-state index in [0.29, 0.717) is 30.0 Å². The number of nitrogens with one attached hydrogen (secondary N) is 1. The van der Waals surface area contributed by atoms with Crippen LogP contribution < -0.4 is 10.3 Å². The number of amides is 1. The highest BCUT2D eigenvalue weighted by Gasteiger charge is 2.30. The van der Waals surface area contributed by atoms with E-state index in [1.165, 1.54) is 11.8 Å². The number of para-hydroxylation sites is 1. The average molecular weight is 420 g/mol. The van der Waals surface area contributed by atoms with E-state index in [0.717, 1.165) is 27.7 Å². The van der Waals surface area contributed by atoms with Crippen molar-refractivity contribution in [2.75, 3.05) is 29.3 Å². The van der Waals surface area contributed by atoms with Gasteiger partial charge in [0.2, 0.25) is 5.91 Å². The number of hydrogen-bond acceptors (Lipinski definition) is 7. The summed E-state index contributed by atoms with van der Waals surface area (Å²) in [4.78, 5) is 18.8. The minimum atomic E-state index is -0.490. The van der Waals surface area contributed by atoms with Crippen LogP contribution in [-0.2, 0) is 14.3 Å². The molecule has 30 heavy (non-hydrogen) atoms. The third-order valence-electron chi connectivity index (χ3n) is 4.94. The number of pyridine rings is 1. The number of carbonyl (C=O) groups excluding carboxylic acids is 1. The van der Waals surface area contributed by atoms with Crippen LogP contribution in [0.5, 0.6) is 0 Å². The largest absolute Gasteiger partial charge is 0.346 e. The summed E-state index contributed by atoms with van der Waals surface area (Å²) in [5, 5.41) is 6.10. The highest BCUT2D eigenvalue weighted by molar-refractivity contribution is 8.15. The Morgan fingerprint density at radius 3 is 2.70 bits per heavy atom. The smallest absolute Gasteiger partial charge is 0.243 e. The van der Waals surface area contributed by atoms with E-state index in [1.807, 2.05) is 61.5 Å². The van der Waals surface area contributed by atoms with E-state index < -0.39 is 6.29 Å². The van der Waals surface area contributed by atoms with Gasteiger partial charge in [0.05, 0.1) is 35.7 Å². The molecule has 0 unspecified atom stereocenters. The Bertz CT molecular complexity index is 1130. The number of nitrogens with zero attached hydrogens (tertiary/aromatic N) is 3. The van der Waals surface area contributed by atoms with Gasteiger partial charge in [-0.3, -0.25) is 15.1 Å². The number of amidine groups is 1. The topological polar surface area (TPSA) is 76.1 Å². The predicted octanol–water partition coefficient (Wildman–Crippen LogP) is 4.05. The number of rotatable bonds is 4. The van der Waals surface area contributed by atoms with Gasteiger partial charge in [0.15, 0.2) is 17.3 Å². The molecule has 0 spiro atoms. The SMILES string of the molecule is Cc1ccc(N2C(=O)CS/C2=N\Nc2nc3ccccc3cc2C2OCCO2)cc1. The highest BCUT2D eigenvalue weighted by atomic mass is 32.2. The maximum Gasteiger partial charge on any atom is 0.243 e. The van der Waals surface area contributed by atoms with Crippen molar-refractivity contribution in [1.82, 2.24) is 4.98 Å². The van der Waals surface area contributed by atoms with Gasteiger partial charge < -0.3 is 9.47 Å². The molecule has 3 aromatic rings. The fourth-order valence-electron chi connectivity index (χ4n) is 3.43. The Labute approximate surface area is 178 Å². The Morgan fingerprint density at radius 2 is 1.90 bits per heavy atom. The first-order valence-electron chi connectivity index (χ1n) is 9.68. The average Bonchev–Trinajstić information content (AvgIpc) is 3.42. The van der Waals surface area contributed by atoms with Gasteiger partial charge in [-0.05, 0) is 31.2 Å². The number of fused-ring (bicyclic) bond motifs is 1. The zero-order valence-corrected chi connectivity index (χ0v) is 17.2. The molecule has 1 aromatic heterocycles. The van der Waals surface area contributed by atoms with Crippen molar-refractivity contribution in [2.24, 2.45) is 5.10 Å². The van der Waals surface area contributed by atoms with Crippen LogP contribution in [0.3, 0.4) is 0 Å². The summed E-state index contributed by atoms with van der Waals surface area (Å²) in [6.45, 7) is 3.09. The van der Waals surface area contributed by atoms with Crippen LogP contribution in [0.2, 0.25) is 0 Å². The van der Waals surface area contributed by atoms with E-state index in [-0.39, 0.29) is 5.91 Å². The molecule has 1 N–H and O–H groups in total. The lowest BCUT2D eigenvalue weighted by Crippen LogP contribution is -2.29. The fourth-order valence-corrected chi connectivity index (χ4v) is 4.26. The first-order valence-corrected chi connectivity index (χ1v) is 10.7. The number of hydrazone groups is 1. The number of thioether (sulfide) groups is 1. The number of benzene rings is 2. The van der Waals surface area contributed by atoms with E-state index in [9.17, 15) is 4.79 Å². The van der Waals surface area contributed by atoms with Crippen LogP contribution in [-0.4, -0.2) is 35.0 Å². The minimum absolute atomic E-state index is 0.00134. The van der Waals surface area contributed by atoms with Gasteiger partial charge >= 0.3 is 0 Å². The van der Waals surface area contributed by atoms with Crippen LogP contribution in [0.1, 0.15) is 17.4 Å². The normalized spacial score (nSPS) is 18.6. The molecule has 2 aliphatic heterocycles. The number of ether oxygens (including phenoxy) is 2. The van der Waals surface area contributed by atoms with Gasteiger partial charge in [-0.1, -0.05) is 47.7 Å². The summed E-state index contributed by atoms with van der Waals surface area (Å²) < 4.78 is 11.4. The molecule has 2 fully saturated rings. The number of carbonyl (C=O) groups is 1. The molecule has 3 heterocycles. The molecule has 0 bridgehead atoms. The van der Waals surface area contributed by atoms with Gasteiger partial charge in [0.25, 0.3) is 0 Å². The van der Waals surface area contributed by atoms with Crippen molar-refractivity contribution in [2.45, 2.75) is 13.2 Å². The Balaban J connectivity index is 1.49. The molecule has 0 atom stereocenters. The summed E-state index contributed by atoms with van der Waals surface area (Å²) in [5.74, 6) is 0.900. The molecule has 1 amide bonds. The van der Waals surface area contributed by atoms with Gasteiger partial charge in [-0.2, -0.15) is 0 Å². The lowest BCUT2D eigenvalue weighted by molar-refractivity contribution is -0.115. The molecule has 2 aromatic carbocycles. The van der Waals surface area contributed by atoms with Crippen LogP contribution in [0.15, 0.2) is 59.7 Å². The quantitative estimate of drug-likeness (QED) is 0.642. The molecule has 2 saturated heterocycles. The van der Waals surface area contributed by atoms with Crippen LogP contribution in [0.4, 0.5) is 11.5 Å². The first kappa shape index (κ1) is 19.0. The lowest BCUT2D eigenvalue weighted by atomic mass is 10.1. The van der Waals surface area contributed by atoms with Crippen molar-refractivity contribution < 1.29 is 14.3 Å². The van der Waals surface area contributed by atoms with Crippen LogP contribution in [0.25, 0.3) is 10.9 Å². The van der Waals surface area contributed by atoms with Crippen molar-refractivity contribution in [3.63, 3.8) is 0 Å². The predicted molar refractivity (Wildman–Crippen MR) is 119 cm³/mol. The maximum absolute atomic E-state index is 12.5. The third kappa shape index (κ3) is 3.65. The molecular formula is C22H20N4O3S. The molecule has 0 saturated carbocycles. The Hall–Kier alpha value is -2.94. The summed E-state index contributed by atoms with van der Waals surface area (Å²) in [6.07, 6.45) is -0.490. The Morgan fingerprint density at radius 1 is 1.13 bits per heavy atom. The second-order valence-corrected chi connectivity index (χ2v) is 7.99. The fraction of sp³-hybridized carbons (Fsp3) is 0.227. The first-order chi connectivity index (χ1) is 14.7. The molecule has 152 valence electrons. The summed E-state index contributed by atoms with van der Waals surface area (Å²) >= 11 is 1.39. The molecule has 5 rings (SSSR count). The lowest BCUT2D eigenvalue weighted by Gasteiger charge is -2.18. The summed E-state index contributed by atoms with van der Waals surface area (Å²) in [5.41, 5.74) is 6.61. The second kappa shape index (κ2) is 8.06. The molecule has 8 heteroatoms. The second-order valence-electron chi connectivity index (χ2n) is 7.05. The minimum Gasteiger partial charge on any atom is -0.346 e. The molecule has 0 radical (unpaired) electrons.